The molecule has 2 heterocycles. The lowest BCUT2D eigenvalue weighted by molar-refractivity contribution is 0.0697. The minimum atomic E-state index is -0.954. The average Bonchev–Trinajstić information content (AvgIpc) is 2.53. The quantitative estimate of drug-likeness (QED) is 0.621. The zero-order valence-corrected chi connectivity index (χ0v) is 12.7. The number of hydrogen-bond acceptors (Lipinski definition) is 7. The number of carbonyl (C=O) groups is 1. The highest BCUT2D eigenvalue weighted by atomic mass is 32.2. The van der Waals surface area contributed by atoms with Crippen molar-refractivity contribution in [2.24, 2.45) is 4.99 Å². The van der Waals surface area contributed by atoms with E-state index in [1.807, 2.05) is 0 Å². The lowest BCUT2D eigenvalue weighted by atomic mass is 10.2. The van der Waals surface area contributed by atoms with Gasteiger partial charge in [0.15, 0.2) is 11.5 Å². The maximum Gasteiger partial charge on any atom is 0.335 e. The van der Waals surface area contributed by atoms with Crippen LogP contribution in [0.25, 0.3) is 0 Å². The van der Waals surface area contributed by atoms with Gasteiger partial charge in [0.05, 0.1) is 12.1 Å². The highest BCUT2D eigenvalue weighted by Crippen LogP contribution is 2.24. The van der Waals surface area contributed by atoms with Crippen LogP contribution in [0.15, 0.2) is 38.9 Å². The Bertz CT molecular complexity index is 844. The number of rotatable bonds is 4. The van der Waals surface area contributed by atoms with Gasteiger partial charge in [-0.15, -0.1) is 11.8 Å². The number of fused-ring (bicyclic) bond motifs is 1. The molecule has 2 aromatic rings. The summed E-state index contributed by atoms with van der Waals surface area (Å²) in [6.07, 6.45) is 0. The van der Waals surface area contributed by atoms with Crippen molar-refractivity contribution in [3.05, 3.63) is 40.2 Å². The number of hydrogen-bond donors (Lipinski definition) is 4. The largest absolute Gasteiger partial charge is 0.478 e. The van der Waals surface area contributed by atoms with Crippen molar-refractivity contribution in [3.8, 4) is 0 Å². The molecule has 1 aromatic carbocycles. The number of anilines is 2. The average molecular weight is 331 g/mol. The van der Waals surface area contributed by atoms with Gasteiger partial charge in [-0.3, -0.25) is 9.78 Å². The molecule has 0 atom stereocenters. The third kappa shape index (κ3) is 3.34. The number of aromatic carboxylic acids is 1. The molecule has 0 radical (unpaired) electrons. The maximum atomic E-state index is 11.8. The first-order chi connectivity index (χ1) is 11.0. The molecular weight excluding hydrogens is 318 g/mol. The van der Waals surface area contributed by atoms with Gasteiger partial charge in [0.25, 0.3) is 5.56 Å². The molecule has 0 saturated heterocycles. The standard InChI is InChI=1S/C14H13N5O3S/c15-14-18-11-10(12(20)19-14)17-8(5-16-11)6-23-9-3-1-7(2-4-9)13(21)22/h1-4H,5-6H2,(H,21,22)(H4,15,16,18,19,20). The number of nitrogens with one attached hydrogen (secondary N) is 2. The van der Waals surface area contributed by atoms with Gasteiger partial charge < -0.3 is 16.2 Å². The summed E-state index contributed by atoms with van der Waals surface area (Å²) < 4.78 is 0. The zero-order chi connectivity index (χ0) is 16.4. The summed E-state index contributed by atoms with van der Waals surface area (Å²) in [7, 11) is 0. The Balaban J connectivity index is 1.72. The molecule has 23 heavy (non-hydrogen) atoms. The second-order valence-electron chi connectivity index (χ2n) is 4.80. The zero-order valence-electron chi connectivity index (χ0n) is 11.9. The van der Waals surface area contributed by atoms with Crippen molar-refractivity contribution in [1.82, 2.24) is 9.97 Å². The van der Waals surface area contributed by atoms with Crippen molar-refractivity contribution < 1.29 is 9.90 Å². The molecular formula is C14H13N5O3S. The molecule has 0 unspecified atom stereocenters. The van der Waals surface area contributed by atoms with E-state index in [0.717, 1.165) is 10.6 Å². The second-order valence-corrected chi connectivity index (χ2v) is 5.85. The van der Waals surface area contributed by atoms with Crippen LogP contribution in [0.4, 0.5) is 17.5 Å². The van der Waals surface area contributed by atoms with Crippen LogP contribution >= 0.6 is 11.8 Å². The number of H-pyrrole nitrogens is 1. The predicted octanol–water partition coefficient (Wildman–Crippen LogP) is 1.34. The molecule has 0 bridgehead atoms. The van der Waals surface area contributed by atoms with Crippen LogP contribution in [0.3, 0.4) is 0 Å². The minimum Gasteiger partial charge on any atom is -0.478 e. The first-order valence-corrected chi connectivity index (χ1v) is 7.68. The van der Waals surface area contributed by atoms with E-state index in [-0.39, 0.29) is 22.8 Å². The molecule has 118 valence electrons. The number of nitrogens with zero attached hydrogens (tertiary/aromatic N) is 2. The third-order valence-electron chi connectivity index (χ3n) is 3.15. The summed E-state index contributed by atoms with van der Waals surface area (Å²) in [6, 6.07) is 6.60. The molecule has 3 rings (SSSR count). The molecule has 5 N–H and O–H groups in total. The fourth-order valence-corrected chi connectivity index (χ4v) is 2.87. The summed E-state index contributed by atoms with van der Waals surface area (Å²) >= 11 is 1.51. The third-order valence-corrected chi connectivity index (χ3v) is 4.23. The highest BCUT2D eigenvalue weighted by molar-refractivity contribution is 8.00. The topological polar surface area (TPSA) is 133 Å². The normalized spacial score (nSPS) is 13.0. The van der Waals surface area contributed by atoms with Crippen molar-refractivity contribution in [1.29, 1.82) is 0 Å². The van der Waals surface area contributed by atoms with Crippen LogP contribution < -0.4 is 16.6 Å². The number of carboxylic acid groups (broad SMARTS) is 1. The van der Waals surface area contributed by atoms with Gasteiger partial charge in [-0.05, 0) is 24.3 Å². The fourth-order valence-electron chi connectivity index (χ4n) is 2.04. The Kier molecular flexibility index (Phi) is 4.02. The van der Waals surface area contributed by atoms with Crippen LogP contribution in [0.1, 0.15) is 10.4 Å². The SMILES string of the molecule is Nc1nc2c(c(=O)[nH]1)N=C(CSc1ccc(C(=O)O)cc1)CN2. The highest BCUT2D eigenvalue weighted by Gasteiger charge is 2.16. The van der Waals surface area contributed by atoms with Gasteiger partial charge in [0.1, 0.15) is 0 Å². The summed E-state index contributed by atoms with van der Waals surface area (Å²) in [5.74, 6) is 0.0477. The van der Waals surface area contributed by atoms with E-state index in [1.165, 1.54) is 11.8 Å². The smallest absolute Gasteiger partial charge is 0.335 e. The number of nitrogens with two attached hydrogens (primary N) is 1. The number of thioether (sulfide) groups is 1. The number of aromatic amines is 1. The lowest BCUT2D eigenvalue weighted by Gasteiger charge is -2.16. The summed E-state index contributed by atoms with van der Waals surface area (Å²) in [5, 5.41) is 11.9. The van der Waals surface area contributed by atoms with Gasteiger partial charge in [0.2, 0.25) is 5.95 Å². The van der Waals surface area contributed by atoms with Crippen molar-refractivity contribution in [2.75, 3.05) is 23.3 Å². The van der Waals surface area contributed by atoms with Gasteiger partial charge >= 0.3 is 5.97 Å². The van der Waals surface area contributed by atoms with Crippen LogP contribution in [-0.2, 0) is 0 Å². The molecule has 0 amide bonds. The summed E-state index contributed by atoms with van der Waals surface area (Å²) in [5.41, 5.74) is 6.37. The van der Waals surface area contributed by atoms with E-state index in [1.54, 1.807) is 24.3 Å². The summed E-state index contributed by atoms with van der Waals surface area (Å²) in [4.78, 5) is 34.3. The van der Waals surface area contributed by atoms with E-state index in [9.17, 15) is 9.59 Å². The molecule has 1 aliphatic rings. The predicted molar refractivity (Wildman–Crippen MR) is 89.0 cm³/mol. The number of aromatic nitrogens is 2. The number of nitrogen functional groups attached to an aromatic ring is 1. The monoisotopic (exact) mass is 331 g/mol. The Labute approximate surface area is 134 Å². The molecule has 1 aliphatic heterocycles. The van der Waals surface area contributed by atoms with Gasteiger partial charge in [0, 0.05) is 16.4 Å². The maximum absolute atomic E-state index is 11.8. The van der Waals surface area contributed by atoms with Gasteiger partial charge in [-0.1, -0.05) is 0 Å². The first-order valence-electron chi connectivity index (χ1n) is 6.69. The van der Waals surface area contributed by atoms with E-state index in [4.69, 9.17) is 10.8 Å². The van der Waals surface area contributed by atoms with Gasteiger partial charge in [-0.25, -0.2) is 9.79 Å². The van der Waals surface area contributed by atoms with Crippen molar-refractivity contribution in [3.63, 3.8) is 0 Å². The van der Waals surface area contributed by atoms with Crippen LogP contribution in [0.2, 0.25) is 0 Å². The van der Waals surface area contributed by atoms with Gasteiger partial charge in [-0.2, -0.15) is 4.98 Å². The van der Waals surface area contributed by atoms with E-state index < -0.39 is 5.97 Å². The first kappa shape index (κ1) is 15.1. The molecule has 0 saturated carbocycles. The number of aliphatic imine (C=N–C) groups is 1. The minimum absolute atomic E-state index is 0.0489. The molecule has 0 fully saturated rings. The van der Waals surface area contributed by atoms with E-state index in [2.05, 4.69) is 20.3 Å². The lowest BCUT2D eigenvalue weighted by Crippen LogP contribution is -2.25. The Morgan fingerprint density at radius 3 is 2.78 bits per heavy atom. The second kappa shape index (κ2) is 6.13. The molecule has 9 heteroatoms. The Morgan fingerprint density at radius 2 is 2.09 bits per heavy atom. The fraction of sp³-hybridized carbons (Fsp3) is 0.143. The Hall–Kier alpha value is -2.81. The van der Waals surface area contributed by atoms with Crippen molar-refractivity contribution >= 4 is 40.9 Å². The molecule has 0 aliphatic carbocycles. The van der Waals surface area contributed by atoms with Crippen LogP contribution in [-0.4, -0.2) is 39.1 Å². The number of carboxylic acids is 1. The van der Waals surface area contributed by atoms with E-state index >= 15 is 0 Å². The summed E-state index contributed by atoms with van der Waals surface area (Å²) in [6.45, 7) is 0.475. The molecule has 8 nitrogen and oxygen atoms in total. The Morgan fingerprint density at radius 1 is 1.35 bits per heavy atom. The number of benzene rings is 1. The van der Waals surface area contributed by atoms with Crippen LogP contribution in [0.5, 0.6) is 0 Å². The molecule has 1 aromatic heterocycles. The van der Waals surface area contributed by atoms with E-state index in [0.29, 0.717) is 18.1 Å². The van der Waals surface area contributed by atoms with Crippen molar-refractivity contribution in [2.45, 2.75) is 4.90 Å². The van der Waals surface area contributed by atoms with Crippen LogP contribution in [0, 0.1) is 0 Å². The molecule has 0 spiro atoms.